The number of likely N-dealkylation sites (tertiary alicyclic amines) is 1. The number of hydrogen-bond acceptors (Lipinski definition) is 5. The van der Waals surface area contributed by atoms with Crippen LogP contribution in [0.1, 0.15) is 18.4 Å². The quantitative estimate of drug-likeness (QED) is 0.495. The molecule has 29 heavy (non-hydrogen) atoms. The van der Waals surface area contributed by atoms with Crippen molar-refractivity contribution in [3.8, 4) is 11.4 Å². The second kappa shape index (κ2) is 8.12. The van der Waals surface area contributed by atoms with E-state index in [1.165, 1.54) is 37.5 Å². The van der Waals surface area contributed by atoms with Crippen LogP contribution in [0.3, 0.4) is 0 Å². The molecule has 0 radical (unpaired) electrons. The van der Waals surface area contributed by atoms with Gasteiger partial charge in [-0.1, -0.05) is 36.0 Å². The lowest BCUT2D eigenvalue weighted by atomic mass is 10.1. The van der Waals surface area contributed by atoms with E-state index in [4.69, 9.17) is 4.98 Å². The van der Waals surface area contributed by atoms with E-state index >= 15 is 0 Å². The van der Waals surface area contributed by atoms with Crippen molar-refractivity contribution in [3.05, 3.63) is 50.7 Å². The Bertz CT molecular complexity index is 1180. The Balaban J connectivity index is 1.85. The highest BCUT2D eigenvalue weighted by molar-refractivity contribution is 7.99. The van der Waals surface area contributed by atoms with E-state index in [0.29, 0.717) is 21.9 Å². The van der Waals surface area contributed by atoms with E-state index in [0.717, 1.165) is 28.0 Å². The maximum atomic E-state index is 12.9. The van der Waals surface area contributed by atoms with Crippen molar-refractivity contribution in [1.29, 1.82) is 0 Å². The Morgan fingerprint density at radius 2 is 1.79 bits per heavy atom. The number of benzene rings is 1. The van der Waals surface area contributed by atoms with Gasteiger partial charge < -0.3 is 4.90 Å². The van der Waals surface area contributed by atoms with Crippen molar-refractivity contribution in [3.63, 3.8) is 0 Å². The third kappa shape index (κ3) is 3.74. The number of aryl methyl sites for hydroxylation is 2. The highest BCUT2D eigenvalue weighted by atomic mass is 32.2. The van der Waals surface area contributed by atoms with E-state index < -0.39 is 0 Å². The van der Waals surface area contributed by atoms with E-state index in [2.05, 4.69) is 4.98 Å². The Labute approximate surface area is 173 Å². The zero-order chi connectivity index (χ0) is 20.5. The summed E-state index contributed by atoms with van der Waals surface area (Å²) in [6.07, 6.45) is 2.58. The van der Waals surface area contributed by atoms with Gasteiger partial charge in [-0.3, -0.25) is 13.9 Å². The molecule has 0 unspecified atom stereocenters. The Hall–Kier alpha value is -2.45. The van der Waals surface area contributed by atoms with Crippen molar-refractivity contribution in [1.82, 2.24) is 19.1 Å². The van der Waals surface area contributed by atoms with Crippen molar-refractivity contribution in [2.24, 2.45) is 14.1 Å². The molecule has 1 aliphatic rings. The molecule has 0 bridgehead atoms. The monoisotopic (exact) mass is 412 g/mol. The Morgan fingerprint density at radius 1 is 1.07 bits per heavy atom. The molecule has 2 aromatic heterocycles. The number of hydrogen-bond donors (Lipinski definition) is 1. The summed E-state index contributed by atoms with van der Waals surface area (Å²) in [5, 5.41) is 1.08. The van der Waals surface area contributed by atoms with Gasteiger partial charge in [-0.05, 0) is 12.5 Å². The largest absolute Gasteiger partial charge is 0.334 e. The molecule has 1 aromatic carbocycles. The Morgan fingerprint density at radius 3 is 2.52 bits per heavy atom. The molecule has 0 amide bonds. The van der Waals surface area contributed by atoms with Crippen molar-refractivity contribution in [2.75, 3.05) is 25.4 Å². The normalized spacial score (nSPS) is 14.7. The van der Waals surface area contributed by atoms with Crippen LogP contribution in [-0.2, 0) is 14.1 Å². The van der Waals surface area contributed by atoms with Crippen LogP contribution in [0.2, 0.25) is 0 Å². The molecule has 3 heterocycles. The molecule has 1 aliphatic heterocycles. The minimum atomic E-state index is -0.380. The van der Waals surface area contributed by atoms with Gasteiger partial charge in [-0.15, -0.1) is 0 Å². The maximum Gasteiger partial charge on any atom is 0.332 e. The lowest BCUT2D eigenvalue weighted by Crippen LogP contribution is -3.10. The SMILES string of the molecule is Cc1ccccc1-c1nc(SCC[NH+]2CCCC2)c2c(=O)n(C)c(=O)n(C)c2n1. The van der Waals surface area contributed by atoms with Crippen molar-refractivity contribution in [2.45, 2.75) is 24.8 Å². The molecule has 7 nitrogen and oxygen atoms in total. The third-order valence-corrected chi connectivity index (χ3v) is 6.63. The van der Waals surface area contributed by atoms with Gasteiger partial charge in [-0.2, -0.15) is 0 Å². The topological polar surface area (TPSA) is 74.2 Å². The fourth-order valence-electron chi connectivity index (χ4n) is 3.89. The minimum absolute atomic E-state index is 0.338. The van der Waals surface area contributed by atoms with Crippen LogP contribution in [0.5, 0.6) is 0 Å². The number of quaternary nitrogens is 1. The lowest BCUT2D eigenvalue weighted by molar-refractivity contribution is -0.884. The van der Waals surface area contributed by atoms with Crippen LogP contribution in [0.25, 0.3) is 22.4 Å². The second-order valence-electron chi connectivity index (χ2n) is 7.63. The molecule has 0 atom stereocenters. The second-order valence-corrected chi connectivity index (χ2v) is 8.71. The van der Waals surface area contributed by atoms with E-state index in [9.17, 15) is 9.59 Å². The van der Waals surface area contributed by atoms with Gasteiger partial charge in [0.05, 0.1) is 19.6 Å². The van der Waals surface area contributed by atoms with Crippen LogP contribution in [0.4, 0.5) is 0 Å². The lowest BCUT2D eigenvalue weighted by Gasteiger charge is -2.14. The van der Waals surface area contributed by atoms with E-state index in [-0.39, 0.29) is 11.2 Å². The summed E-state index contributed by atoms with van der Waals surface area (Å²) >= 11 is 1.59. The van der Waals surface area contributed by atoms with Gasteiger partial charge in [0.1, 0.15) is 10.4 Å². The summed E-state index contributed by atoms with van der Waals surface area (Å²) in [6.45, 7) is 5.49. The van der Waals surface area contributed by atoms with Gasteiger partial charge in [0, 0.05) is 38.3 Å². The average molecular weight is 413 g/mol. The fraction of sp³-hybridized carbons (Fsp3) is 0.429. The zero-order valence-corrected chi connectivity index (χ0v) is 17.9. The molecule has 1 saturated heterocycles. The molecular weight excluding hydrogens is 386 g/mol. The molecule has 4 rings (SSSR count). The number of rotatable bonds is 5. The molecule has 152 valence electrons. The van der Waals surface area contributed by atoms with E-state index in [1.807, 2.05) is 31.2 Å². The number of aromatic nitrogens is 4. The average Bonchev–Trinajstić information content (AvgIpc) is 3.24. The van der Waals surface area contributed by atoms with Crippen LogP contribution in [0, 0.1) is 6.92 Å². The van der Waals surface area contributed by atoms with Crippen LogP contribution < -0.4 is 16.1 Å². The summed E-state index contributed by atoms with van der Waals surface area (Å²) in [5.41, 5.74) is 1.64. The highest BCUT2D eigenvalue weighted by Gasteiger charge is 2.20. The number of thioether (sulfide) groups is 1. The Kier molecular flexibility index (Phi) is 5.56. The molecular formula is C21H26N5O2S+. The third-order valence-electron chi connectivity index (χ3n) is 5.66. The number of fused-ring (bicyclic) bond motifs is 1. The fourth-order valence-corrected chi connectivity index (χ4v) is 4.95. The van der Waals surface area contributed by atoms with Crippen LogP contribution in [-0.4, -0.2) is 44.5 Å². The number of nitrogens with one attached hydrogen (secondary N) is 1. The zero-order valence-electron chi connectivity index (χ0n) is 17.1. The summed E-state index contributed by atoms with van der Waals surface area (Å²) in [4.78, 5) is 36.4. The van der Waals surface area contributed by atoms with Gasteiger partial charge in [0.2, 0.25) is 0 Å². The van der Waals surface area contributed by atoms with Gasteiger partial charge >= 0.3 is 5.69 Å². The van der Waals surface area contributed by atoms with Gasteiger partial charge in [0.25, 0.3) is 5.56 Å². The summed E-state index contributed by atoms with van der Waals surface area (Å²) in [7, 11) is 3.16. The smallest absolute Gasteiger partial charge is 0.332 e. The van der Waals surface area contributed by atoms with Crippen molar-refractivity contribution < 1.29 is 4.90 Å². The van der Waals surface area contributed by atoms with Gasteiger partial charge in [0.15, 0.2) is 11.5 Å². The molecule has 0 aliphatic carbocycles. The predicted octanol–water partition coefficient (Wildman–Crippen LogP) is 0.773. The molecule has 0 spiro atoms. The summed E-state index contributed by atoms with van der Waals surface area (Å²) in [5.74, 6) is 1.43. The van der Waals surface area contributed by atoms with Crippen LogP contribution in [0.15, 0.2) is 38.9 Å². The molecule has 0 saturated carbocycles. The van der Waals surface area contributed by atoms with Crippen LogP contribution >= 0.6 is 11.8 Å². The standard InChI is InChI=1S/C21H25N5O2S/c1-14-8-4-5-9-15(14)17-22-18-16(20(27)25(3)21(28)24(18)2)19(23-17)29-13-12-26-10-6-7-11-26/h4-5,8-9H,6-7,10-13H2,1-3H3/p+1. The number of nitrogens with zero attached hydrogens (tertiary/aromatic N) is 4. The molecule has 1 N–H and O–H groups in total. The molecule has 1 fully saturated rings. The molecule has 3 aromatic rings. The summed E-state index contributed by atoms with van der Waals surface area (Å²) in [6, 6.07) is 7.90. The van der Waals surface area contributed by atoms with Gasteiger partial charge in [-0.25, -0.2) is 14.8 Å². The first-order valence-electron chi connectivity index (χ1n) is 9.97. The van der Waals surface area contributed by atoms with E-state index in [1.54, 1.807) is 23.7 Å². The first-order valence-corrected chi connectivity index (χ1v) is 11.0. The predicted molar refractivity (Wildman–Crippen MR) is 116 cm³/mol. The first kappa shape index (κ1) is 19.8. The van der Waals surface area contributed by atoms with Crippen molar-refractivity contribution >= 4 is 22.8 Å². The minimum Gasteiger partial charge on any atom is -0.334 e. The highest BCUT2D eigenvalue weighted by Crippen LogP contribution is 2.27. The maximum absolute atomic E-state index is 12.9. The summed E-state index contributed by atoms with van der Waals surface area (Å²) < 4.78 is 2.57. The molecule has 8 heteroatoms. The first-order chi connectivity index (χ1) is 14.0.